The number of carbonyl (C=O) groups excluding carboxylic acids is 1. The van der Waals surface area contributed by atoms with Gasteiger partial charge in [0, 0.05) is 10.6 Å². The van der Waals surface area contributed by atoms with Gasteiger partial charge in [0.25, 0.3) is 0 Å². The first kappa shape index (κ1) is 18.0. The number of esters is 1. The first-order valence-electron chi connectivity index (χ1n) is 8.73. The van der Waals surface area contributed by atoms with Crippen molar-refractivity contribution in [2.75, 3.05) is 0 Å². The van der Waals surface area contributed by atoms with E-state index in [-0.39, 0.29) is 11.6 Å². The van der Waals surface area contributed by atoms with Crippen LogP contribution in [0.1, 0.15) is 16.7 Å². The summed E-state index contributed by atoms with van der Waals surface area (Å²) in [6, 6.07) is 24.4. The molecule has 0 N–H and O–H groups in total. The highest BCUT2D eigenvalue weighted by atomic mass is 35.5. The van der Waals surface area contributed by atoms with Crippen molar-refractivity contribution in [3.05, 3.63) is 106 Å². The van der Waals surface area contributed by atoms with Crippen LogP contribution in [-0.2, 0) is 16.1 Å². The second-order valence-corrected chi connectivity index (χ2v) is 6.62. The maximum Gasteiger partial charge on any atom is 0.363 e. The standard InChI is InChI=1S/C23H16ClNO3/c24-19-10-8-18(9-11-19)22-25-21(23(26)28-22)14-16-6-12-20(13-7-16)27-15-17-4-2-1-3-5-17/h1-14H,15H2/b21-14-. The van der Waals surface area contributed by atoms with Crippen LogP contribution in [0.2, 0.25) is 5.02 Å². The van der Waals surface area contributed by atoms with Crippen molar-refractivity contribution < 1.29 is 14.3 Å². The Balaban J connectivity index is 1.46. The number of benzene rings is 3. The number of cyclic esters (lactones) is 1. The number of nitrogens with zero attached hydrogens (tertiary/aromatic N) is 1. The summed E-state index contributed by atoms with van der Waals surface area (Å²) in [5.74, 6) is 0.551. The van der Waals surface area contributed by atoms with Crippen LogP contribution in [0.15, 0.2) is 89.6 Å². The van der Waals surface area contributed by atoms with E-state index in [1.54, 1.807) is 30.3 Å². The monoisotopic (exact) mass is 389 g/mol. The highest BCUT2D eigenvalue weighted by molar-refractivity contribution is 6.30. The van der Waals surface area contributed by atoms with Gasteiger partial charge in [-0.2, -0.15) is 0 Å². The Morgan fingerprint density at radius 2 is 1.64 bits per heavy atom. The van der Waals surface area contributed by atoms with E-state index in [2.05, 4.69) is 4.99 Å². The number of ether oxygens (including phenoxy) is 2. The molecule has 0 aliphatic carbocycles. The van der Waals surface area contributed by atoms with Crippen LogP contribution >= 0.6 is 11.6 Å². The molecule has 0 saturated carbocycles. The molecule has 28 heavy (non-hydrogen) atoms. The Kier molecular flexibility index (Phi) is 5.22. The lowest BCUT2D eigenvalue weighted by Crippen LogP contribution is -2.05. The Morgan fingerprint density at radius 3 is 2.36 bits per heavy atom. The summed E-state index contributed by atoms with van der Waals surface area (Å²) in [7, 11) is 0. The first-order chi connectivity index (χ1) is 13.7. The van der Waals surface area contributed by atoms with Gasteiger partial charge in [0.15, 0.2) is 5.70 Å². The van der Waals surface area contributed by atoms with Gasteiger partial charge in [0.2, 0.25) is 5.90 Å². The molecule has 3 aromatic carbocycles. The van der Waals surface area contributed by atoms with Crippen LogP contribution in [0, 0.1) is 0 Å². The largest absolute Gasteiger partial charge is 0.489 e. The SMILES string of the molecule is O=C1OC(c2ccc(Cl)cc2)=N/C1=C\c1ccc(OCc2ccccc2)cc1. The molecule has 1 aliphatic heterocycles. The summed E-state index contributed by atoms with van der Waals surface area (Å²) in [5.41, 5.74) is 2.89. The summed E-state index contributed by atoms with van der Waals surface area (Å²) in [6.07, 6.45) is 1.69. The lowest BCUT2D eigenvalue weighted by Gasteiger charge is -2.06. The van der Waals surface area contributed by atoms with Gasteiger partial charge in [-0.05, 0) is 53.6 Å². The zero-order chi connectivity index (χ0) is 19.3. The van der Waals surface area contributed by atoms with Crippen molar-refractivity contribution in [3.63, 3.8) is 0 Å². The van der Waals surface area contributed by atoms with Gasteiger partial charge >= 0.3 is 5.97 Å². The molecule has 0 saturated heterocycles. The van der Waals surface area contributed by atoms with E-state index in [4.69, 9.17) is 21.1 Å². The molecular formula is C23H16ClNO3. The molecule has 4 rings (SSSR count). The third kappa shape index (κ3) is 4.30. The van der Waals surface area contributed by atoms with Crippen LogP contribution in [0.3, 0.4) is 0 Å². The molecule has 0 unspecified atom stereocenters. The number of hydrogen-bond donors (Lipinski definition) is 0. The van der Waals surface area contributed by atoms with Crippen molar-refractivity contribution in [1.82, 2.24) is 0 Å². The zero-order valence-corrected chi connectivity index (χ0v) is 15.6. The van der Waals surface area contributed by atoms with Crippen molar-refractivity contribution in [2.45, 2.75) is 6.61 Å². The molecule has 0 fully saturated rings. The topological polar surface area (TPSA) is 47.9 Å². The smallest absolute Gasteiger partial charge is 0.363 e. The highest BCUT2D eigenvalue weighted by Gasteiger charge is 2.24. The van der Waals surface area contributed by atoms with Crippen LogP contribution < -0.4 is 4.74 Å². The number of carbonyl (C=O) groups is 1. The van der Waals surface area contributed by atoms with E-state index in [0.717, 1.165) is 16.9 Å². The predicted molar refractivity (Wildman–Crippen MR) is 109 cm³/mol. The molecule has 0 aromatic heterocycles. The summed E-state index contributed by atoms with van der Waals surface area (Å²) >= 11 is 5.88. The molecule has 138 valence electrons. The van der Waals surface area contributed by atoms with Gasteiger partial charge in [0.1, 0.15) is 12.4 Å². The Labute approximate surface area is 167 Å². The predicted octanol–water partition coefficient (Wildman–Crippen LogP) is 5.26. The van der Waals surface area contributed by atoms with Crippen molar-refractivity contribution in [1.29, 1.82) is 0 Å². The van der Waals surface area contributed by atoms with Crippen molar-refractivity contribution in [2.24, 2.45) is 4.99 Å². The zero-order valence-electron chi connectivity index (χ0n) is 14.8. The lowest BCUT2D eigenvalue weighted by molar-refractivity contribution is -0.129. The minimum absolute atomic E-state index is 0.253. The molecule has 1 aliphatic rings. The summed E-state index contributed by atoms with van der Waals surface area (Å²) in [5, 5.41) is 0.610. The second kappa shape index (κ2) is 8.11. The van der Waals surface area contributed by atoms with E-state index in [1.165, 1.54) is 0 Å². The molecule has 1 heterocycles. The molecular weight excluding hydrogens is 374 g/mol. The van der Waals surface area contributed by atoms with Crippen molar-refractivity contribution >= 4 is 29.5 Å². The molecule has 0 amide bonds. The average Bonchev–Trinajstić information content (AvgIpc) is 3.09. The maximum atomic E-state index is 12.1. The molecule has 0 bridgehead atoms. The minimum Gasteiger partial charge on any atom is -0.489 e. The van der Waals surface area contributed by atoms with E-state index >= 15 is 0 Å². The molecule has 0 radical (unpaired) electrons. The van der Waals surface area contributed by atoms with E-state index in [9.17, 15) is 4.79 Å². The Morgan fingerprint density at radius 1 is 0.929 bits per heavy atom. The number of halogens is 1. The van der Waals surface area contributed by atoms with E-state index in [1.807, 2.05) is 54.6 Å². The van der Waals surface area contributed by atoms with Gasteiger partial charge in [-0.3, -0.25) is 0 Å². The maximum absolute atomic E-state index is 12.1. The summed E-state index contributed by atoms with van der Waals surface area (Å²) < 4.78 is 11.0. The van der Waals surface area contributed by atoms with E-state index < -0.39 is 5.97 Å². The van der Waals surface area contributed by atoms with Crippen LogP contribution in [-0.4, -0.2) is 11.9 Å². The average molecular weight is 390 g/mol. The molecule has 0 spiro atoms. The molecule has 4 nitrogen and oxygen atoms in total. The van der Waals surface area contributed by atoms with Gasteiger partial charge in [-0.1, -0.05) is 54.1 Å². The lowest BCUT2D eigenvalue weighted by atomic mass is 10.2. The normalized spacial score (nSPS) is 14.7. The third-order valence-electron chi connectivity index (χ3n) is 4.14. The van der Waals surface area contributed by atoms with Crippen molar-refractivity contribution in [3.8, 4) is 5.75 Å². The first-order valence-corrected chi connectivity index (χ1v) is 9.10. The van der Waals surface area contributed by atoms with Gasteiger partial charge in [-0.15, -0.1) is 0 Å². The summed E-state index contributed by atoms with van der Waals surface area (Å²) in [4.78, 5) is 16.4. The Bertz CT molecular complexity index is 1040. The fourth-order valence-electron chi connectivity index (χ4n) is 2.68. The van der Waals surface area contributed by atoms with Gasteiger partial charge in [0.05, 0.1) is 0 Å². The Hall–Kier alpha value is -3.37. The highest BCUT2D eigenvalue weighted by Crippen LogP contribution is 2.21. The molecule has 5 heteroatoms. The summed E-state index contributed by atoms with van der Waals surface area (Å²) in [6.45, 7) is 0.502. The number of rotatable bonds is 5. The van der Waals surface area contributed by atoms with E-state index in [0.29, 0.717) is 17.2 Å². The third-order valence-corrected chi connectivity index (χ3v) is 4.40. The minimum atomic E-state index is -0.477. The molecule has 0 atom stereocenters. The van der Waals surface area contributed by atoms with Gasteiger partial charge in [-0.25, -0.2) is 9.79 Å². The number of aliphatic imine (C=N–C) groups is 1. The molecule has 3 aromatic rings. The van der Waals surface area contributed by atoms with Gasteiger partial charge < -0.3 is 9.47 Å². The van der Waals surface area contributed by atoms with Crippen LogP contribution in [0.5, 0.6) is 5.75 Å². The fraction of sp³-hybridized carbons (Fsp3) is 0.0435. The van der Waals surface area contributed by atoms with Crippen LogP contribution in [0.25, 0.3) is 6.08 Å². The second-order valence-electron chi connectivity index (χ2n) is 6.19. The fourth-order valence-corrected chi connectivity index (χ4v) is 2.81. The van der Waals surface area contributed by atoms with Crippen LogP contribution in [0.4, 0.5) is 0 Å². The number of hydrogen-bond acceptors (Lipinski definition) is 4. The quantitative estimate of drug-likeness (QED) is 0.441.